The summed E-state index contributed by atoms with van der Waals surface area (Å²) in [5.41, 5.74) is 0.588. The van der Waals surface area contributed by atoms with Gasteiger partial charge < -0.3 is 43.2 Å². The molecule has 0 amide bonds. The Morgan fingerprint density at radius 3 is 1.55 bits per heavy atom. The predicted molar refractivity (Wildman–Crippen MR) is 53.6 cm³/mol. The molecule has 0 atom stereocenters. The average Bonchev–Trinajstić information content (AvgIpc) is 2.24. The van der Waals surface area contributed by atoms with Gasteiger partial charge in [0.25, 0.3) is 0 Å². The summed E-state index contributed by atoms with van der Waals surface area (Å²) < 4.78 is 22.0. The van der Waals surface area contributed by atoms with Crippen molar-refractivity contribution >= 4 is 21.9 Å². The topological polar surface area (TPSA) is 199 Å². The van der Waals surface area contributed by atoms with E-state index in [2.05, 4.69) is 0 Å². The molecular formula is C8H8O10P2-6. The molecule has 0 aliphatic carbocycles. The molecule has 0 aliphatic heterocycles. The van der Waals surface area contributed by atoms with Gasteiger partial charge in [-0.15, -0.1) is 0 Å². The molecule has 1 aromatic rings. The van der Waals surface area contributed by atoms with Gasteiger partial charge >= 0.3 is 0 Å². The van der Waals surface area contributed by atoms with E-state index in [0.29, 0.717) is 11.3 Å². The summed E-state index contributed by atoms with van der Waals surface area (Å²) in [5, 5.41) is 0. The molecule has 12 heteroatoms. The number of phosphoric acid groups is 2. The molecule has 0 fully saturated rings. The molecule has 0 saturated heterocycles. The van der Waals surface area contributed by atoms with Crippen molar-refractivity contribution in [2.24, 2.45) is 0 Å². The van der Waals surface area contributed by atoms with Crippen molar-refractivity contribution in [2.45, 2.75) is 0 Å². The van der Waals surface area contributed by atoms with Gasteiger partial charge in [-0.05, 0) is 12.1 Å². The molecule has 20 heavy (non-hydrogen) atoms. The van der Waals surface area contributed by atoms with Gasteiger partial charge in [0.1, 0.15) is 5.75 Å². The Morgan fingerprint density at radius 2 is 1.30 bits per heavy atom. The zero-order valence-electron chi connectivity index (χ0n) is 9.86. The lowest BCUT2D eigenvalue weighted by Crippen LogP contribution is -2.24. The molecule has 0 N–H and O–H groups in total. The second-order valence-corrected chi connectivity index (χ2v) is 4.54. The van der Waals surface area contributed by atoms with Crippen molar-refractivity contribution in [3.63, 3.8) is 0 Å². The van der Waals surface area contributed by atoms with E-state index < -0.39 is 15.6 Å². The van der Waals surface area contributed by atoms with Crippen molar-refractivity contribution in [2.75, 3.05) is 7.11 Å². The lowest BCUT2D eigenvalue weighted by Gasteiger charge is -2.36. The van der Waals surface area contributed by atoms with Crippen LogP contribution < -0.4 is 34.1 Å². The lowest BCUT2D eigenvalue weighted by atomic mass is 10.2. The first-order valence-corrected chi connectivity index (χ1v) is 7.35. The Hall–Kier alpha value is -1.09. The minimum Gasteiger partial charge on any atom is -0.822 e. The Bertz CT molecular complexity index is 453. The van der Waals surface area contributed by atoms with Crippen molar-refractivity contribution in [3.8, 4) is 5.75 Å². The van der Waals surface area contributed by atoms with Crippen molar-refractivity contribution in [3.05, 3.63) is 29.8 Å². The zero-order chi connectivity index (χ0) is 16.4. The van der Waals surface area contributed by atoms with Crippen LogP contribution in [-0.2, 0) is 9.13 Å². The molecule has 1 rings (SSSR count). The lowest BCUT2D eigenvalue weighted by molar-refractivity contribution is -0.434. The van der Waals surface area contributed by atoms with Crippen LogP contribution in [0.3, 0.4) is 0 Å². The highest BCUT2D eigenvalue weighted by Gasteiger charge is 1.96. The number of carbonyl (C=O) groups is 1. The van der Waals surface area contributed by atoms with Crippen LogP contribution in [0.15, 0.2) is 24.3 Å². The van der Waals surface area contributed by atoms with Crippen LogP contribution in [0.2, 0.25) is 0 Å². The molecule has 116 valence electrons. The first-order valence-electron chi connectivity index (χ1n) is 4.42. The maximum atomic E-state index is 10.3. The average molecular weight is 326 g/mol. The van der Waals surface area contributed by atoms with E-state index in [0.717, 1.165) is 6.29 Å². The number of ether oxygens (including phenoxy) is 1. The van der Waals surface area contributed by atoms with Gasteiger partial charge in [0.05, 0.1) is 12.7 Å². The van der Waals surface area contributed by atoms with Crippen molar-refractivity contribution in [1.29, 1.82) is 0 Å². The number of benzene rings is 1. The third-order valence-electron chi connectivity index (χ3n) is 1.27. The quantitative estimate of drug-likeness (QED) is 0.379. The number of hydrogen-bond acceptors (Lipinski definition) is 10. The molecule has 0 spiro atoms. The fourth-order valence-corrected chi connectivity index (χ4v) is 0.764. The predicted octanol–water partition coefficient (Wildman–Crippen LogP) is -4.14. The number of carbonyl (C=O) groups excluding carboxylic acids is 1. The van der Waals surface area contributed by atoms with Gasteiger partial charge in [0, 0.05) is 0 Å². The smallest absolute Gasteiger partial charge is 0.153 e. The van der Waals surface area contributed by atoms with Crippen LogP contribution in [0.1, 0.15) is 10.4 Å². The number of aldehydes is 1. The molecule has 0 heterocycles. The summed E-state index contributed by atoms with van der Waals surface area (Å²) in [4.78, 5) is 61.6. The van der Waals surface area contributed by atoms with Crippen LogP contribution in [-0.4, -0.2) is 13.4 Å². The number of methoxy groups -OCH3 is 1. The van der Waals surface area contributed by atoms with Crippen LogP contribution in [0.25, 0.3) is 0 Å². The molecule has 0 saturated carbocycles. The minimum atomic E-state index is -5.39. The first kappa shape index (κ1) is 21.2. The van der Waals surface area contributed by atoms with Crippen LogP contribution >= 0.6 is 15.6 Å². The summed E-state index contributed by atoms with van der Waals surface area (Å²) in [6, 6.07) is 7.09. The molecule has 10 nitrogen and oxygen atoms in total. The Morgan fingerprint density at radius 1 is 0.950 bits per heavy atom. The largest absolute Gasteiger partial charge is 0.822 e. The normalized spacial score (nSPS) is 10.3. The van der Waals surface area contributed by atoms with Gasteiger partial charge in [0.15, 0.2) is 6.29 Å². The summed E-state index contributed by atoms with van der Waals surface area (Å²) >= 11 is 0. The summed E-state index contributed by atoms with van der Waals surface area (Å²) in [5.74, 6) is 0.623. The fraction of sp³-hybridized carbons (Fsp3) is 0.125. The Labute approximate surface area is 113 Å². The van der Waals surface area contributed by atoms with E-state index in [1.807, 2.05) is 6.07 Å². The molecule has 0 aromatic heterocycles. The summed E-state index contributed by atoms with van der Waals surface area (Å²) in [7, 11) is -9.23. The second kappa shape index (κ2) is 9.76. The molecule has 0 radical (unpaired) electrons. The van der Waals surface area contributed by atoms with E-state index in [1.165, 1.54) is 0 Å². The highest BCUT2D eigenvalue weighted by atomic mass is 31.2. The molecule has 0 aliphatic rings. The number of para-hydroxylation sites is 1. The molecule has 1 aromatic carbocycles. The van der Waals surface area contributed by atoms with Gasteiger partial charge in [-0.25, -0.2) is 0 Å². The number of rotatable bonds is 2. The first-order chi connectivity index (χ1) is 8.88. The number of hydrogen-bond donors (Lipinski definition) is 0. The molecular weight excluding hydrogens is 318 g/mol. The minimum absolute atomic E-state index is 0.588. The highest BCUT2D eigenvalue weighted by Crippen LogP contribution is 2.13. The monoisotopic (exact) mass is 326 g/mol. The van der Waals surface area contributed by atoms with E-state index in [4.69, 9.17) is 43.2 Å². The maximum Gasteiger partial charge on any atom is 0.153 e. The maximum absolute atomic E-state index is 10.3. The third kappa shape index (κ3) is 22.1. The van der Waals surface area contributed by atoms with Crippen LogP contribution in [0, 0.1) is 0 Å². The highest BCUT2D eigenvalue weighted by molar-refractivity contribution is 7.40. The van der Waals surface area contributed by atoms with Crippen LogP contribution in [0.5, 0.6) is 5.75 Å². The van der Waals surface area contributed by atoms with Crippen LogP contribution in [0.4, 0.5) is 0 Å². The van der Waals surface area contributed by atoms with Gasteiger partial charge in [-0.1, -0.05) is 12.1 Å². The van der Waals surface area contributed by atoms with Gasteiger partial charge in [0.2, 0.25) is 0 Å². The summed E-state index contributed by atoms with van der Waals surface area (Å²) in [6.45, 7) is 0. The standard InChI is InChI=1S/C8H8O2.2H3O4P/c1-10-8-5-3-2-4-7(8)6-9;2*1-5(2,3)4/h2-6H,1H3;2*(H3,1,2,3,4)/p-6. The second-order valence-electron chi connectivity index (χ2n) is 2.75. The van der Waals surface area contributed by atoms with Gasteiger partial charge in [-0.3, -0.25) is 4.79 Å². The van der Waals surface area contributed by atoms with Crippen molar-refractivity contribution < 1.29 is 48.0 Å². The third-order valence-corrected chi connectivity index (χ3v) is 1.27. The fourth-order valence-electron chi connectivity index (χ4n) is 0.764. The van der Waals surface area contributed by atoms with Gasteiger partial charge in [-0.2, -0.15) is 15.6 Å². The SMILES string of the molecule is COc1ccccc1C=O.O=P([O-])([O-])[O-].O=P([O-])([O-])[O-]. The van der Waals surface area contributed by atoms with E-state index in [-0.39, 0.29) is 0 Å². The van der Waals surface area contributed by atoms with Crippen molar-refractivity contribution in [1.82, 2.24) is 0 Å². The summed E-state index contributed by atoms with van der Waals surface area (Å²) in [6.07, 6.45) is 0.777. The zero-order valence-corrected chi connectivity index (χ0v) is 11.7. The Balaban J connectivity index is 0. The Kier molecular flexibility index (Phi) is 10.3. The molecule has 0 unspecified atom stereocenters. The van der Waals surface area contributed by atoms with E-state index in [1.54, 1.807) is 25.3 Å². The molecule has 0 bridgehead atoms. The van der Waals surface area contributed by atoms with E-state index >= 15 is 0 Å². The van der Waals surface area contributed by atoms with E-state index in [9.17, 15) is 4.79 Å².